The zero-order valence-corrected chi connectivity index (χ0v) is 14.3. The molecule has 2 N–H and O–H groups in total. The second-order valence-corrected chi connectivity index (χ2v) is 5.66. The van der Waals surface area contributed by atoms with Gasteiger partial charge in [-0.2, -0.15) is 0 Å². The number of carbonyl (C=O) groups is 2. The second-order valence-electron chi connectivity index (χ2n) is 4.79. The summed E-state index contributed by atoms with van der Waals surface area (Å²) >= 11 is 11.8. The summed E-state index contributed by atoms with van der Waals surface area (Å²) in [7, 11) is 1.54. The van der Waals surface area contributed by atoms with Crippen molar-refractivity contribution in [3.8, 4) is 0 Å². The molecule has 0 aliphatic carbocycles. The van der Waals surface area contributed by atoms with Crippen molar-refractivity contribution in [1.29, 1.82) is 0 Å². The lowest BCUT2D eigenvalue weighted by atomic mass is 10.2. The van der Waals surface area contributed by atoms with Crippen LogP contribution >= 0.6 is 23.2 Å². The molecule has 126 valence electrons. The number of nitrogens with zero attached hydrogens (tertiary/aromatic N) is 1. The lowest BCUT2D eigenvalue weighted by Gasteiger charge is -2.08. The molecule has 0 unspecified atom stereocenters. The van der Waals surface area contributed by atoms with Crippen LogP contribution in [0.3, 0.4) is 0 Å². The minimum Gasteiger partial charge on any atom is -0.383 e. The number of hydrogen-bond acceptors (Lipinski definition) is 4. The number of halogens is 2. The molecule has 0 saturated heterocycles. The molecule has 0 bridgehead atoms. The van der Waals surface area contributed by atoms with Crippen LogP contribution in [0.25, 0.3) is 0 Å². The van der Waals surface area contributed by atoms with Crippen molar-refractivity contribution in [2.75, 3.05) is 25.6 Å². The highest BCUT2D eigenvalue weighted by atomic mass is 35.5. The van der Waals surface area contributed by atoms with Crippen LogP contribution in [0.1, 0.15) is 20.8 Å². The lowest BCUT2D eigenvalue weighted by Crippen LogP contribution is -2.27. The fourth-order valence-electron chi connectivity index (χ4n) is 1.89. The van der Waals surface area contributed by atoms with E-state index in [1.807, 2.05) is 0 Å². The standard InChI is InChI=1S/C16H15Cl2N3O3/c1-24-5-4-20-15(22)10-2-3-19-14(6-10)16(23)21-13-8-11(17)7-12(18)9-13/h2-3,6-9H,4-5H2,1H3,(H,20,22)(H,21,23). The van der Waals surface area contributed by atoms with Crippen LogP contribution in [0.4, 0.5) is 5.69 Å². The van der Waals surface area contributed by atoms with Crippen LogP contribution in [0, 0.1) is 0 Å². The van der Waals surface area contributed by atoms with Crippen LogP contribution in [0.2, 0.25) is 10.0 Å². The summed E-state index contributed by atoms with van der Waals surface area (Å²) in [6, 6.07) is 7.61. The van der Waals surface area contributed by atoms with Crippen molar-refractivity contribution in [3.05, 3.63) is 57.8 Å². The topological polar surface area (TPSA) is 80.3 Å². The van der Waals surface area contributed by atoms with E-state index in [1.54, 1.807) is 25.3 Å². The second kappa shape index (κ2) is 8.63. The number of nitrogens with one attached hydrogen (secondary N) is 2. The summed E-state index contributed by atoms with van der Waals surface area (Å²) in [6.07, 6.45) is 1.39. The molecule has 1 heterocycles. The molecule has 1 aromatic heterocycles. The minimum atomic E-state index is -0.472. The quantitative estimate of drug-likeness (QED) is 0.769. The Hall–Kier alpha value is -2.15. The highest BCUT2D eigenvalue weighted by molar-refractivity contribution is 6.35. The van der Waals surface area contributed by atoms with Gasteiger partial charge in [0.05, 0.1) is 6.61 Å². The van der Waals surface area contributed by atoms with Gasteiger partial charge in [-0.25, -0.2) is 0 Å². The Labute approximate surface area is 149 Å². The van der Waals surface area contributed by atoms with E-state index in [9.17, 15) is 9.59 Å². The largest absolute Gasteiger partial charge is 0.383 e. The first-order valence-electron chi connectivity index (χ1n) is 7.00. The van der Waals surface area contributed by atoms with Gasteiger partial charge in [-0.15, -0.1) is 0 Å². The predicted molar refractivity (Wildman–Crippen MR) is 92.9 cm³/mol. The van der Waals surface area contributed by atoms with Gasteiger partial charge in [0.1, 0.15) is 5.69 Å². The molecular formula is C16H15Cl2N3O3. The number of hydrogen-bond donors (Lipinski definition) is 2. The van der Waals surface area contributed by atoms with E-state index in [1.165, 1.54) is 18.3 Å². The highest BCUT2D eigenvalue weighted by Gasteiger charge is 2.12. The Balaban J connectivity index is 2.09. The maximum absolute atomic E-state index is 12.3. The number of anilines is 1. The van der Waals surface area contributed by atoms with E-state index in [0.717, 1.165) is 0 Å². The molecule has 24 heavy (non-hydrogen) atoms. The molecule has 0 spiro atoms. The zero-order valence-electron chi connectivity index (χ0n) is 12.8. The van der Waals surface area contributed by atoms with Gasteiger partial charge in [0.25, 0.3) is 11.8 Å². The molecule has 2 amide bonds. The van der Waals surface area contributed by atoms with Gasteiger partial charge < -0.3 is 15.4 Å². The Kier molecular flexibility index (Phi) is 6.54. The number of benzene rings is 1. The monoisotopic (exact) mass is 367 g/mol. The van der Waals surface area contributed by atoms with Gasteiger partial charge >= 0.3 is 0 Å². The first-order valence-corrected chi connectivity index (χ1v) is 7.76. The smallest absolute Gasteiger partial charge is 0.274 e. The van der Waals surface area contributed by atoms with E-state index in [-0.39, 0.29) is 11.6 Å². The lowest BCUT2D eigenvalue weighted by molar-refractivity contribution is 0.0937. The summed E-state index contributed by atoms with van der Waals surface area (Å²) in [4.78, 5) is 28.2. The number of methoxy groups -OCH3 is 1. The number of amides is 2. The van der Waals surface area contributed by atoms with Crippen molar-refractivity contribution in [3.63, 3.8) is 0 Å². The fourth-order valence-corrected chi connectivity index (χ4v) is 2.41. The molecule has 0 fully saturated rings. The molecule has 1 aromatic carbocycles. The number of aromatic nitrogens is 1. The van der Waals surface area contributed by atoms with Crippen LogP contribution < -0.4 is 10.6 Å². The summed E-state index contributed by atoms with van der Waals surface area (Å²) < 4.78 is 4.86. The Morgan fingerprint density at radius 3 is 2.50 bits per heavy atom. The van der Waals surface area contributed by atoms with Crippen LogP contribution in [-0.4, -0.2) is 37.1 Å². The Morgan fingerprint density at radius 1 is 1.12 bits per heavy atom. The summed E-state index contributed by atoms with van der Waals surface area (Å²) in [5, 5.41) is 6.11. The number of carbonyl (C=O) groups excluding carboxylic acids is 2. The molecular weight excluding hydrogens is 353 g/mol. The summed E-state index contributed by atoms with van der Waals surface area (Å²) in [5.74, 6) is -0.783. The van der Waals surface area contributed by atoms with Crippen molar-refractivity contribution < 1.29 is 14.3 Å². The van der Waals surface area contributed by atoms with Gasteiger partial charge in [0, 0.05) is 41.1 Å². The molecule has 0 aliphatic rings. The maximum atomic E-state index is 12.3. The first-order chi connectivity index (χ1) is 11.5. The van der Waals surface area contributed by atoms with Crippen molar-refractivity contribution >= 4 is 40.7 Å². The minimum absolute atomic E-state index is 0.102. The summed E-state index contributed by atoms with van der Waals surface area (Å²) in [6.45, 7) is 0.778. The van der Waals surface area contributed by atoms with Gasteiger partial charge in [-0.3, -0.25) is 14.6 Å². The molecule has 6 nitrogen and oxygen atoms in total. The molecule has 2 rings (SSSR count). The first kappa shape index (κ1) is 18.2. The van der Waals surface area contributed by atoms with Gasteiger partial charge in [0.15, 0.2) is 0 Å². The van der Waals surface area contributed by atoms with Crippen molar-refractivity contribution in [1.82, 2.24) is 10.3 Å². The number of rotatable bonds is 6. The van der Waals surface area contributed by atoms with Crippen molar-refractivity contribution in [2.45, 2.75) is 0 Å². The average molecular weight is 368 g/mol. The van der Waals surface area contributed by atoms with Crippen LogP contribution in [0.5, 0.6) is 0 Å². The van der Waals surface area contributed by atoms with Crippen molar-refractivity contribution in [2.24, 2.45) is 0 Å². The average Bonchev–Trinajstić information content (AvgIpc) is 2.54. The maximum Gasteiger partial charge on any atom is 0.274 e. The van der Waals surface area contributed by atoms with E-state index in [2.05, 4.69) is 15.6 Å². The molecule has 0 atom stereocenters. The van der Waals surface area contributed by atoms with Gasteiger partial charge in [-0.05, 0) is 30.3 Å². The van der Waals surface area contributed by atoms with E-state index >= 15 is 0 Å². The zero-order chi connectivity index (χ0) is 17.5. The number of ether oxygens (including phenoxy) is 1. The van der Waals surface area contributed by atoms with E-state index in [0.29, 0.717) is 34.4 Å². The Morgan fingerprint density at radius 2 is 1.83 bits per heavy atom. The van der Waals surface area contributed by atoms with Crippen LogP contribution in [0.15, 0.2) is 36.5 Å². The third-order valence-corrected chi connectivity index (χ3v) is 3.40. The van der Waals surface area contributed by atoms with Crippen LogP contribution in [-0.2, 0) is 4.74 Å². The SMILES string of the molecule is COCCNC(=O)c1ccnc(C(=O)Nc2cc(Cl)cc(Cl)c2)c1. The predicted octanol–water partition coefficient (Wildman–Crippen LogP) is 3.02. The molecule has 0 saturated carbocycles. The fraction of sp³-hybridized carbons (Fsp3) is 0.188. The molecule has 0 aliphatic heterocycles. The van der Waals surface area contributed by atoms with E-state index in [4.69, 9.17) is 27.9 Å². The van der Waals surface area contributed by atoms with Gasteiger partial charge in [-0.1, -0.05) is 23.2 Å². The Bertz CT molecular complexity index is 733. The van der Waals surface area contributed by atoms with Gasteiger partial charge in [0.2, 0.25) is 0 Å². The number of pyridine rings is 1. The highest BCUT2D eigenvalue weighted by Crippen LogP contribution is 2.22. The molecule has 8 heteroatoms. The normalized spacial score (nSPS) is 10.3. The molecule has 0 radical (unpaired) electrons. The molecule has 2 aromatic rings. The summed E-state index contributed by atoms with van der Waals surface area (Å²) in [5.41, 5.74) is 0.870. The third kappa shape index (κ3) is 5.19. The third-order valence-electron chi connectivity index (χ3n) is 2.97. The van der Waals surface area contributed by atoms with E-state index < -0.39 is 5.91 Å².